The number of thioether (sulfide) groups is 1. The average Bonchev–Trinajstić information content (AvgIpc) is 3.15. The minimum atomic E-state index is -0.601. The van der Waals surface area contributed by atoms with Crippen LogP contribution >= 0.6 is 35.7 Å². The fourth-order valence-electron chi connectivity index (χ4n) is 3.17. The second kappa shape index (κ2) is 9.14. The summed E-state index contributed by atoms with van der Waals surface area (Å²) < 4.78 is 0. The number of hydrogen-bond donors (Lipinski definition) is 4. The summed E-state index contributed by atoms with van der Waals surface area (Å²) in [5.74, 6) is 2.58. The second-order valence-electron chi connectivity index (χ2n) is 6.40. The Morgan fingerprint density at radius 3 is 2.88 bits per heavy atom. The van der Waals surface area contributed by atoms with Crippen LogP contribution in [0.1, 0.15) is 17.7 Å². The van der Waals surface area contributed by atoms with Gasteiger partial charge in [0.25, 0.3) is 0 Å². The number of nitrogens with zero attached hydrogens (tertiary/aromatic N) is 1. The SMILES string of the molecule is CN=C(NCCc1c(C)[nH]c2ccccc12)NCC1(O)CCSC1.I. The summed E-state index contributed by atoms with van der Waals surface area (Å²) in [7, 11) is 1.76. The van der Waals surface area contributed by atoms with Gasteiger partial charge < -0.3 is 20.7 Å². The number of aryl methyl sites for hydroxylation is 1. The fraction of sp³-hybridized carbons (Fsp3) is 0.500. The van der Waals surface area contributed by atoms with Crippen molar-refractivity contribution in [2.45, 2.75) is 25.4 Å². The number of aliphatic imine (C=N–C) groups is 1. The van der Waals surface area contributed by atoms with Crippen LogP contribution in [0.4, 0.5) is 0 Å². The third kappa shape index (κ3) is 5.04. The van der Waals surface area contributed by atoms with Crippen LogP contribution in [0.3, 0.4) is 0 Å². The number of nitrogens with one attached hydrogen (secondary N) is 3. The van der Waals surface area contributed by atoms with E-state index in [0.29, 0.717) is 6.54 Å². The van der Waals surface area contributed by atoms with E-state index in [2.05, 4.69) is 51.8 Å². The molecule has 2 heterocycles. The summed E-state index contributed by atoms with van der Waals surface area (Å²) in [5.41, 5.74) is 3.15. The van der Waals surface area contributed by atoms with Gasteiger partial charge >= 0.3 is 0 Å². The van der Waals surface area contributed by atoms with Crippen molar-refractivity contribution in [2.24, 2.45) is 4.99 Å². The Morgan fingerprint density at radius 1 is 1.36 bits per heavy atom. The first kappa shape index (κ1) is 20.4. The van der Waals surface area contributed by atoms with Gasteiger partial charge in [-0.05, 0) is 37.1 Å². The van der Waals surface area contributed by atoms with E-state index in [1.54, 1.807) is 18.8 Å². The zero-order chi connectivity index (χ0) is 17.0. The third-order valence-corrected chi connectivity index (χ3v) is 5.82. The first-order valence-corrected chi connectivity index (χ1v) is 9.58. The summed E-state index contributed by atoms with van der Waals surface area (Å²) in [5, 5.41) is 18.3. The predicted octanol–water partition coefficient (Wildman–Crippen LogP) is 2.67. The van der Waals surface area contributed by atoms with Crippen LogP contribution in [0, 0.1) is 6.92 Å². The molecule has 0 spiro atoms. The molecule has 1 fully saturated rings. The molecule has 0 amide bonds. The number of aromatic nitrogens is 1. The average molecular weight is 474 g/mol. The van der Waals surface area contributed by atoms with Gasteiger partial charge in [-0.15, -0.1) is 24.0 Å². The van der Waals surface area contributed by atoms with Crippen LogP contribution < -0.4 is 10.6 Å². The highest BCUT2D eigenvalue weighted by Crippen LogP contribution is 2.27. The minimum absolute atomic E-state index is 0. The maximum absolute atomic E-state index is 10.4. The lowest BCUT2D eigenvalue weighted by Crippen LogP contribution is -2.47. The second-order valence-corrected chi connectivity index (χ2v) is 7.51. The molecule has 138 valence electrons. The molecule has 0 aliphatic carbocycles. The van der Waals surface area contributed by atoms with Crippen molar-refractivity contribution in [1.82, 2.24) is 15.6 Å². The van der Waals surface area contributed by atoms with Gasteiger partial charge in [0.15, 0.2) is 5.96 Å². The number of aliphatic hydroxyl groups is 1. The van der Waals surface area contributed by atoms with E-state index in [0.717, 1.165) is 36.9 Å². The third-order valence-electron chi connectivity index (χ3n) is 4.59. The Bertz CT molecular complexity index is 725. The highest BCUT2D eigenvalue weighted by atomic mass is 127. The Hall–Kier alpha value is -0.930. The van der Waals surface area contributed by atoms with Crippen molar-refractivity contribution in [2.75, 3.05) is 31.6 Å². The number of para-hydroxylation sites is 1. The summed E-state index contributed by atoms with van der Waals surface area (Å²) in [6, 6.07) is 8.40. The minimum Gasteiger partial charge on any atom is -0.387 e. The number of halogens is 1. The number of aromatic amines is 1. The largest absolute Gasteiger partial charge is 0.387 e. The van der Waals surface area contributed by atoms with Crippen LogP contribution in [-0.4, -0.2) is 53.3 Å². The van der Waals surface area contributed by atoms with Crippen molar-refractivity contribution >= 4 is 52.6 Å². The Labute approximate surface area is 170 Å². The molecule has 1 unspecified atom stereocenters. The van der Waals surface area contributed by atoms with Gasteiger partial charge in [-0.3, -0.25) is 4.99 Å². The van der Waals surface area contributed by atoms with Gasteiger partial charge in [-0.25, -0.2) is 0 Å². The van der Waals surface area contributed by atoms with E-state index in [1.165, 1.54) is 22.2 Å². The number of guanidine groups is 1. The highest BCUT2D eigenvalue weighted by Gasteiger charge is 2.31. The molecule has 1 atom stereocenters. The first-order valence-electron chi connectivity index (χ1n) is 8.42. The van der Waals surface area contributed by atoms with E-state index < -0.39 is 5.60 Å². The molecule has 2 aromatic rings. The standard InChI is InChI=1S/C18H26N4OS.HI/c1-13-14(15-5-3-4-6-16(15)22-13)7-9-20-17(19-2)21-11-18(23)8-10-24-12-18;/h3-6,22-23H,7-12H2,1-2H3,(H2,19,20,21);1H. The lowest BCUT2D eigenvalue weighted by molar-refractivity contribution is 0.0724. The van der Waals surface area contributed by atoms with Crippen molar-refractivity contribution in [3.63, 3.8) is 0 Å². The van der Waals surface area contributed by atoms with E-state index in [4.69, 9.17) is 0 Å². The molecule has 1 aromatic heterocycles. The zero-order valence-electron chi connectivity index (χ0n) is 14.8. The number of fused-ring (bicyclic) bond motifs is 1. The topological polar surface area (TPSA) is 72.4 Å². The van der Waals surface area contributed by atoms with Crippen molar-refractivity contribution in [3.05, 3.63) is 35.5 Å². The van der Waals surface area contributed by atoms with Crippen molar-refractivity contribution in [3.8, 4) is 0 Å². The smallest absolute Gasteiger partial charge is 0.191 e. The van der Waals surface area contributed by atoms with E-state index in [9.17, 15) is 5.11 Å². The monoisotopic (exact) mass is 474 g/mol. The number of rotatable bonds is 5. The van der Waals surface area contributed by atoms with E-state index >= 15 is 0 Å². The molecule has 0 saturated carbocycles. The summed E-state index contributed by atoms with van der Waals surface area (Å²) >= 11 is 1.81. The quantitative estimate of drug-likeness (QED) is 0.306. The molecule has 5 nitrogen and oxygen atoms in total. The zero-order valence-corrected chi connectivity index (χ0v) is 17.9. The number of hydrogen-bond acceptors (Lipinski definition) is 3. The van der Waals surface area contributed by atoms with Crippen LogP contribution in [-0.2, 0) is 6.42 Å². The maximum Gasteiger partial charge on any atom is 0.191 e. The Balaban J connectivity index is 0.00000225. The van der Waals surface area contributed by atoms with Crippen LogP contribution in [0.2, 0.25) is 0 Å². The lowest BCUT2D eigenvalue weighted by Gasteiger charge is -2.23. The van der Waals surface area contributed by atoms with Crippen molar-refractivity contribution < 1.29 is 5.11 Å². The van der Waals surface area contributed by atoms with Crippen molar-refractivity contribution in [1.29, 1.82) is 0 Å². The van der Waals surface area contributed by atoms with Gasteiger partial charge in [0.1, 0.15) is 0 Å². The summed E-state index contributed by atoms with van der Waals surface area (Å²) in [4.78, 5) is 7.69. The molecule has 25 heavy (non-hydrogen) atoms. The molecule has 4 N–H and O–H groups in total. The van der Waals surface area contributed by atoms with Gasteiger partial charge in [0.2, 0.25) is 0 Å². The van der Waals surface area contributed by atoms with Crippen LogP contribution in [0.25, 0.3) is 10.9 Å². The maximum atomic E-state index is 10.4. The highest BCUT2D eigenvalue weighted by molar-refractivity contribution is 14.0. The van der Waals surface area contributed by atoms with Gasteiger partial charge in [-0.1, -0.05) is 18.2 Å². The lowest BCUT2D eigenvalue weighted by atomic mass is 10.0. The molecule has 1 aliphatic heterocycles. The summed E-state index contributed by atoms with van der Waals surface area (Å²) in [6.07, 6.45) is 1.77. The van der Waals surface area contributed by atoms with E-state index in [-0.39, 0.29) is 24.0 Å². The normalized spacial score (nSPS) is 20.5. The molecular weight excluding hydrogens is 447 g/mol. The molecule has 0 radical (unpaired) electrons. The molecule has 7 heteroatoms. The molecular formula is C18H27IN4OS. The van der Waals surface area contributed by atoms with Crippen LogP contribution in [0.15, 0.2) is 29.3 Å². The summed E-state index contributed by atoms with van der Waals surface area (Å²) in [6.45, 7) is 3.47. The molecule has 0 bridgehead atoms. The Kier molecular flexibility index (Phi) is 7.45. The van der Waals surface area contributed by atoms with Gasteiger partial charge in [0, 0.05) is 42.5 Å². The van der Waals surface area contributed by atoms with Gasteiger partial charge in [0.05, 0.1) is 5.60 Å². The number of H-pyrrole nitrogens is 1. The molecule has 3 rings (SSSR count). The molecule has 1 aromatic carbocycles. The number of benzene rings is 1. The molecule has 1 aliphatic rings. The fourth-order valence-corrected chi connectivity index (χ4v) is 4.46. The first-order chi connectivity index (χ1) is 11.6. The van der Waals surface area contributed by atoms with E-state index in [1.807, 2.05) is 0 Å². The Morgan fingerprint density at radius 2 is 2.16 bits per heavy atom. The van der Waals surface area contributed by atoms with Gasteiger partial charge in [-0.2, -0.15) is 11.8 Å². The predicted molar refractivity (Wildman–Crippen MR) is 118 cm³/mol. The molecule has 1 saturated heterocycles. The van der Waals surface area contributed by atoms with Crippen LogP contribution in [0.5, 0.6) is 0 Å².